The van der Waals surface area contributed by atoms with Gasteiger partial charge in [-0.15, -0.1) is 0 Å². The lowest BCUT2D eigenvalue weighted by Crippen LogP contribution is -2.53. The molecular weight excluding hydrogens is 476 g/mol. The van der Waals surface area contributed by atoms with E-state index in [-0.39, 0.29) is 5.75 Å². The summed E-state index contributed by atoms with van der Waals surface area (Å²) >= 11 is 0. The molecule has 0 aliphatic carbocycles. The molecule has 9 nitrogen and oxygen atoms in total. The van der Waals surface area contributed by atoms with Crippen LogP contribution in [0.2, 0.25) is 0 Å². The standard InChI is InChI=1S/C28H24N2O7/c1-35-27(34)28(17-5-3-2-4-6-17)23-22(24(29-28)16-7-10-19(31)11-8-16)25(32)30(26(23)33)18-9-12-20-21(15-18)37-14-13-36-20/h2-12,15,22-24,29,31H,13-14H2,1H3/t22-,23-,24+,28+/m0/s1. The summed E-state index contributed by atoms with van der Waals surface area (Å²) in [6.07, 6.45) is 0. The zero-order valence-electron chi connectivity index (χ0n) is 19.9. The van der Waals surface area contributed by atoms with E-state index >= 15 is 0 Å². The summed E-state index contributed by atoms with van der Waals surface area (Å²) in [6, 6.07) is 19.4. The third kappa shape index (κ3) is 3.38. The Balaban J connectivity index is 1.52. The summed E-state index contributed by atoms with van der Waals surface area (Å²) in [6.45, 7) is 0.771. The Morgan fingerprint density at radius 1 is 0.973 bits per heavy atom. The van der Waals surface area contributed by atoms with Crippen LogP contribution in [0.1, 0.15) is 17.2 Å². The quantitative estimate of drug-likeness (QED) is 0.415. The largest absolute Gasteiger partial charge is 0.508 e. The number of nitrogens with zero attached hydrogens (tertiary/aromatic N) is 1. The van der Waals surface area contributed by atoms with E-state index in [9.17, 15) is 19.5 Å². The van der Waals surface area contributed by atoms with E-state index in [4.69, 9.17) is 14.2 Å². The fraction of sp³-hybridized carbons (Fsp3) is 0.250. The molecule has 0 saturated carbocycles. The lowest BCUT2D eigenvalue weighted by atomic mass is 9.75. The van der Waals surface area contributed by atoms with Gasteiger partial charge in [-0.05, 0) is 35.4 Å². The number of methoxy groups -OCH3 is 1. The van der Waals surface area contributed by atoms with Crippen LogP contribution in [-0.2, 0) is 24.7 Å². The van der Waals surface area contributed by atoms with Gasteiger partial charge >= 0.3 is 5.97 Å². The number of carbonyl (C=O) groups excluding carboxylic acids is 3. The summed E-state index contributed by atoms with van der Waals surface area (Å²) in [7, 11) is 1.26. The molecular formula is C28H24N2O7. The van der Waals surface area contributed by atoms with E-state index < -0.39 is 41.2 Å². The predicted octanol–water partition coefficient (Wildman–Crippen LogP) is 2.68. The highest BCUT2D eigenvalue weighted by molar-refractivity contribution is 6.24. The minimum Gasteiger partial charge on any atom is -0.508 e. The number of phenolic OH excluding ortho intramolecular Hbond substituents is 1. The van der Waals surface area contributed by atoms with Crippen LogP contribution in [0.15, 0.2) is 72.8 Å². The molecule has 0 bridgehead atoms. The van der Waals surface area contributed by atoms with Crippen molar-refractivity contribution in [1.29, 1.82) is 0 Å². The normalized spacial score (nSPS) is 26.2. The maximum atomic E-state index is 14.2. The first-order chi connectivity index (χ1) is 18.0. The van der Waals surface area contributed by atoms with Crippen molar-refractivity contribution in [1.82, 2.24) is 5.32 Å². The molecule has 2 fully saturated rings. The average molecular weight is 501 g/mol. The maximum Gasteiger partial charge on any atom is 0.331 e. The van der Waals surface area contributed by atoms with Crippen LogP contribution in [0, 0.1) is 11.8 Å². The van der Waals surface area contributed by atoms with Crippen molar-refractivity contribution < 1.29 is 33.7 Å². The summed E-state index contributed by atoms with van der Waals surface area (Å²) in [5.74, 6) is -2.59. The number of anilines is 1. The minimum absolute atomic E-state index is 0.0623. The van der Waals surface area contributed by atoms with Gasteiger partial charge in [-0.25, -0.2) is 9.69 Å². The fourth-order valence-electron chi connectivity index (χ4n) is 5.73. The number of ether oxygens (including phenoxy) is 3. The highest BCUT2D eigenvalue weighted by Crippen LogP contribution is 2.54. The Hall–Kier alpha value is -4.37. The molecule has 2 amide bonds. The monoisotopic (exact) mass is 500 g/mol. The van der Waals surface area contributed by atoms with E-state index in [0.717, 1.165) is 4.90 Å². The van der Waals surface area contributed by atoms with E-state index in [1.54, 1.807) is 54.6 Å². The molecule has 0 radical (unpaired) electrons. The molecule has 3 aromatic rings. The molecule has 3 heterocycles. The number of hydrogen-bond acceptors (Lipinski definition) is 8. The first-order valence-corrected chi connectivity index (χ1v) is 11.9. The highest BCUT2D eigenvalue weighted by Gasteiger charge is 2.69. The average Bonchev–Trinajstić information content (AvgIpc) is 3.43. The third-order valence-corrected chi connectivity index (χ3v) is 7.33. The number of aromatic hydroxyl groups is 1. The zero-order chi connectivity index (χ0) is 25.7. The molecule has 0 unspecified atom stereocenters. The van der Waals surface area contributed by atoms with E-state index in [1.165, 1.54) is 19.2 Å². The SMILES string of the molecule is COC(=O)[C@]1(c2ccccc2)N[C@H](c2ccc(O)cc2)[C@H]2C(=O)N(c3ccc4c(c3)OCCO4)C(=O)[C@H]21. The highest BCUT2D eigenvalue weighted by atomic mass is 16.6. The summed E-state index contributed by atoms with van der Waals surface area (Å²) in [5, 5.41) is 13.2. The smallest absolute Gasteiger partial charge is 0.331 e. The van der Waals surface area contributed by atoms with Crippen molar-refractivity contribution in [3.8, 4) is 17.2 Å². The van der Waals surface area contributed by atoms with Crippen molar-refractivity contribution in [3.05, 3.63) is 83.9 Å². The van der Waals surface area contributed by atoms with Gasteiger partial charge in [0.2, 0.25) is 11.8 Å². The van der Waals surface area contributed by atoms with E-state index in [2.05, 4.69) is 5.32 Å². The van der Waals surface area contributed by atoms with Crippen molar-refractivity contribution in [2.24, 2.45) is 11.8 Å². The van der Waals surface area contributed by atoms with E-state index in [0.29, 0.717) is 41.5 Å². The molecule has 9 heteroatoms. The molecule has 2 N–H and O–H groups in total. The molecule has 188 valence electrons. The molecule has 3 aromatic carbocycles. The molecule has 4 atom stereocenters. The van der Waals surface area contributed by atoms with Gasteiger partial charge in [-0.2, -0.15) is 0 Å². The van der Waals surface area contributed by atoms with Crippen molar-refractivity contribution in [3.63, 3.8) is 0 Å². The van der Waals surface area contributed by atoms with Gasteiger partial charge in [0.05, 0.1) is 24.6 Å². The Morgan fingerprint density at radius 2 is 1.68 bits per heavy atom. The maximum absolute atomic E-state index is 14.2. The summed E-state index contributed by atoms with van der Waals surface area (Å²) in [4.78, 5) is 42.9. The van der Waals surface area contributed by atoms with Crippen LogP contribution in [0.4, 0.5) is 5.69 Å². The van der Waals surface area contributed by atoms with Crippen LogP contribution >= 0.6 is 0 Å². The first-order valence-electron chi connectivity index (χ1n) is 11.9. The van der Waals surface area contributed by atoms with Crippen LogP contribution in [0.3, 0.4) is 0 Å². The lowest BCUT2D eigenvalue weighted by Gasteiger charge is -2.33. The molecule has 37 heavy (non-hydrogen) atoms. The van der Waals surface area contributed by atoms with Gasteiger partial charge in [0.25, 0.3) is 0 Å². The number of phenols is 1. The van der Waals surface area contributed by atoms with Crippen molar-refractivity contribution >= 4 is 23.5 Å². The van der Waals surface area contributed by atoms with Gasteiger partial charge in [-0.3, -0.25) is 14.9 Å². The van der Waals surface area contributed by atoms with Crippen LogP contribution in [0.25, 0.3) is 0 Å². The molecule has 3 aliphatic heterocycles. The molecule has 6 rings (SSSR count). The number of rotatable bonds is 4. The van der Waals surface area contributed by atoms with Crippen LogP contribution in [0.5, 0.6) is 17.2 Å². The number of carbonyl (C=O) groups is 3. The number of imide groups is 1. The van der Waals surface area contributed by atoms with Gasteiger partial charge in [0, 0.05) is 12.1 Å². The number of amides is 2. The van der Waals surface area contributed by atoms with Gasteiger partial charge < -0.3 is 19.3 Å². The Bertz CT molecular complexity index is 1390. The first kappa shape index (κ1) is 23.1. The summed E-state index contributed by atoms with van der Waals surface area (Å²) < 4.78 is 16.5. The number of esters is 1. The van der Waals surface area contributed by atoms with Gasteiger partial charge in [0.15, 0.2) is 17.0 Å². The van der Waals surface area contributed by atoms with Crippen LogP contribution < -0.4 is 19.7 Å². The number of hydrogen-bond donors (Lipinski definition) is 2. The summed E-state index contributed by atoms with van der Waals surface area (Å²) in [5.41, 5.74) is -0.105. The topological polar surface area (TPSA) is 114 Å². The van der Waals surface area contributed by atoms with Crippen molar-refractivity contribution in [2.45, 2.75) is 11.6 Å². The second kappa shape index (κ2) is 8.63. The Labute approximate surface area is 212 Å². The van der Waals surface area contributed by atoms with Gasteiger partial charge in [-0.1, -0.05) is 42.5 Å². The molecule has 0 aromatic heterocycles. The second-order valence-electron chi connectivity index (χ2n) is 9.22. The Morgan fingerprint density at radius 3 is 2.38 bits per heavy atom. The predicted molar refractivity (Wildman–Crippen MR) is 131 cm³/mol. The van der Waals surface area contributed by atoms with Gasteiger partial charge in [0.1, 0.15) is 19.0 Å². The molecule has 2 saturated heterocycles. The lowest BCUT2D eigenvalue weighted by molar-refractivity contribution is -0.152. The Kier molecular flexibility index (Phi) is 5.38. The third-order valence-electron chi connectivity index (χ3n) is 7.33. The second-order valence-corrected chi connectivity index (χ2v) is 9.22. The molecule has 3 aliphatic rings. The molecule has 0 spiro atoms. The number of nitrogens with one attached hydrogen (secondary N) is 1. The fourth-order valence-corrected chi connectivity index (χ4v) is 5.73. The minimum atomic E-state index is -1.61. The van der Waals surface area contributed by atoms with E-state index in [1.807, 2.05) is 6.07 Å². The number of benzene rings is 3. The zero-order valence-corrected chi connectivity index (χ0v) is 19.9. The van der Waals surface area contributed by atoms with Crippen molar-refractivity contribution in [2.75, 3.05) is 25.2 Å². The number of fused-ring (bicyclic) bond motifs is 2. The van der Waals surface area contributed by atoms with Crippen LogP contribution in [-0.4, -0.2) is 43.2 Å².